The van der Waals surface area contributed by atoms with Crippen LogP contribution in [0.1, 0.15) is 52.7 Å². The molecular formula is C22H29N3. The van der Waals surface area contributed by atoms with E-state index in [9.17, 15) is 0 Å². The first-order valence-electron chi connectivity index (χ1n) is 8.92. The highest BCUT2D eigenvalue weighted by molar-refractivity contribution is 5.77. The van der Waals surface area contributed by atoms with Gasteiger partial charge in [0.2, 0.25) is 0 Å². The molecule has 3 nitrogen and oxygen atoms in total. The van der Waals surface area contributed by atoms with Crippen molar-refractivity contribution in [3.05, 3.63) is 53.7 Å². The molecular weight excluding hydrogens is 306 g/mol. The Labute approximate surface area is 151 Å². The second kappa shape index (κ2) is 5.91. The van der Waals surface area contributed by atoms with Gasteiger partial charge in [-0.15, -0.1) is 0 Å². The van der Waals surface area contributed by atoms with E-state index < -0.39 is 0 Å². The van der Waals surface area contributed by atoms with Crippen molar-refractivity contribution >= 4 is 11.5 Å². The summed E-state index contributed by atoms with van der Waals surface area (Å²) in [5.74, 6) is 1.05. The van der Waals surface area contributed by atoms with Crippen molar-refractivity contribution in [1.29, 1.82) is 0 Å². The van der Waals surface area contributed by atoms with Crippen molar-refractivity contribution in [2.45, 2.75) is 59.4 Å². The summed E-state index contributed by atoms with van der Waals surface area (Å²) in [7, 11) is 0. The number of benzene rings is 1. The quantitative estimate of drug-likeness (QED) is 0.639. The zero-order valence-electron chi connectivity index (χ0n) is 16.4. The number of nitrogens with one attached hydrogen (secondary N) is 1. The molecule has 0 aliphatic heterocycles. The lowest BCUT2D eigenvalue weighted by Crippen LogP contribution is -2.27. The van der Waals surface area contributed by atoms with Gasteiger partial charge in [0.1, 0.15) is 17.2 Å². The number of rotatable bonds is 2. The van der Waals surface area contributed by atoms with Gasteiger partial charge in [0.25, 0.3) is 0 Å². The van der Waals surface area contributed by atoms with Crippen molar-refractivity contribution in [2.75, 3.05) is 5.32 Å². The fourth-order valence-electron chi connectivity index (χ4n) is 2.95. The molecule has 0 aliphatic rings. The van der Waals surface area contributed by atoms with Crippen molar-refractivity contribution in [3.63, 3.8) is 0 Å². The average molecular weight is 335 g/mol. The van der Waals surface area contributed by atoms with Crippen molar-refractivity contribution in [2.24, 2.45) is 0 Å². The molecule has 0 bridgehead atoms. The number of aryl methyl sites for hydroxylation is 1. The minimum atomic E-state index is -0.0407. The second-order valence-corrected chi connectivity index (χ2v) is 8.94. The first kappa shape index (κ1) is 17.5. The topological polar surface area (TPSA) is 29.3 Å². The molecule has 25 heavy (non-hydrogen) atoms. The Balaban J connectivity index is 2.16. The summed E-state index contributed by atoms with van der Waals surface area (Å²) in [6, 6.07) is 13.0. The predicted octanol–water partition coefficient (Wildman–Crippen LogP) is 5.82. The summed E-state index contributed by atoms with van der Waals surface area (Å²) in [6.07, 6.45) is 2.10. The van der Waals surface area contributed by atoms with Gasteiger partial charge in [-0.05, 0) is 56.4 Å². The number of aromatic nitrogens is 2. The molecule has 0 saturated carbocycles. The normalized spacial score (nSPS) is 12.6. The Kier molecular flexibility index (Phi) is 4.14. The van der Waals surface area contributed by atoms with E-state index in [1.807, 2.05) is 0 Å². The monoisotopic (exact) mass is 335 g/mol. The highest BCUT2D eigenvalue weighted by Gasteiger charge is 2.20. The van der Waals surface area contributed by atoms with E-state index >= 15 is 0 Å². The van der Waals surface area contributed by atoms with E-state index in [2.05, 4.69) is 101 Å². The van der Waals surface area contributed by atoms with Crippen molar-refractivity contribution in [1.82, 2.24) is 9.38 Å². The molecule has 132 valence electrons. The maximum Gasteiger partial charge on any atom is 0.139 e. The lowest BCUT2D eigenvalue weighted by molar-refractivity contribution is 0.590. The number of hydrogen-bond donors (Lipinski definition) is 1. The number of hydrogen-bond acceptors (Lipinski definition) is 2. The first-order valence-corrected chi connectivity index (χ1v) is 8.92. The van der Waals surface area contributed by atoms with Gasteiger partial charge in [0.05, 0.1) is 0 Å². The molecule has 0 saturated heterocycles. The minimum Gasteiger partial charge on any atom is -0.365 e. The van der Waals surface area contributed by atoms with Crippen LogP contribution in [-0.4, -0.2) is 14.9 Å². The Bertz CT molecular complexity index is 888. The Morgan fingerprint density at radius 3 is 2.12 bits per heavy atom. The molecule has 0 fully saturated rings. The van der Waals surface area contributed by atoms with Crippen LogP contribution in [0.15, 0.2) is 42.6 Å². The predicted molar refractivity (Wildman–Crippen MR) is 107 cm³/mol. The van der Waals surface area contributed by atoms with E-state index in [1.54, 1.807) is 0 Å². The van der Waals surface area contributed by atoms with Crippen LogP contribution < -0.4 is 5.32 Å². The summed E-state index contributed by atoms with van der Waals surface area (Å²) in [4.78, 5) is 4.92. The lowest BCUT2D eigenvalue weighted by atomic mass is 9.86. The minimum absolute atomic E-state index is 0.0407. The molecule has 0 amide bonds. The number of anilines is 1. The molecule has 1 N–H and O–H groups in total. The van der Waals surface area contributed by atoms with Crippen LogP contribution in [-0.2, 0) is 5.41 Å². The van der Waals surface area contributed by atoms with E-state index in [0.717, 1.165) is 22.7 Å². The Morgan fingerprint density at radius 2 is 1.56 bits per heavy atom. The molecule has 3 heteroatoms. The van der Waals surface area contributed by atoms with Crippen molar-refractivity contribution < 1.29 is 0 Å². The smallest absolute Gasteiger partial charge is 0.139 e. The first-order chi connectivity index (χ1) is 11.5. The molecule has 2 heterocycles. The van der Waals surface area contributed by atoms with Gasteiger partial charge in [0, 0.05) is 17.3 Å². The van der Waals surface area contributed by atoms with E-state index in [-0.39, 0.29) is 11.0 Å². The third-order valence-corrected chi connectivity index (χ3v) is 4.30. The maximum atomic E-state index is 4.92. The second-order valence-electron chi connectivity index (χ2n) is 8.94. The number of fused-ring (bicyclic) bond motifs is 1. The standard InChI is InChI=1S/C22H29N3/c1-15-12-13-25-18(14-15)23-19(20(25)24-22(5,6)7)16-8-10-17(11-9-16)21(2,3)4/h8-14,24H,1-7H3. The highest BCUT2D eigenvalue weighted by atomic mass is 15.2. The van der Waals surface area contributed by atoms with Crippen molar-refractivity contribution in [3.8, 4) is 11.3 Å². The molecule has 2 aromatic heterocycles. The van der Waals surface area contributed by atoms with Gasteiger partial charge < -0.3 is 5.32 Å². The summed E-state index contributed by atoms with van der Waals surface area (Å²) in [5, 5.41) is 3.64. The van der Waals surface area contributed by atoms with Crippen LogP contribution in [0.2, 0.25) is 0 Å². The summed E-state index contributed by atoms with van der Waals surface area (Å²) in [6.45, 7) is 15.3. The van der Waals surface area contributed by atoms with Crippen LogP contribution in [0.3, 0.4) is 0 Å². The number of imidazole rings is 1. The number of nitrogens with zero attached hydrogens (tertiary/aromatic N) is 2. The summed E-state index contributed by atoms with van der Waals surface area (Å²) >= 11 is 0. The van der Waals surface area contributed by atoms with E-state index in [4.69, 9.17) is 4.98 Å². The molecule has 0 atom stereocenters. The number of pyridine rings is 1. The fourth-order valence-corrected chi connectivity index (χ4v) is 2.95. The maximum absolute atomic E-state index is 4.92. The van der Waals surface area contributed by atoms with Crippen LogP contribution in [0.4, 0.5) is 5.82 Å². The molecule has 3 aromatic rings. The zero-order chi connectivity index (χ0) is 18.4. The van der Waals surface area contributed by atoms with Crippen LogP contribution >= 0.6 is 0 Å². The van der Waals surface area contributed by atoms with Gasteiger partial charge in [-0.25, -0.2) is 4.98 Å². The molecule has 3 rings (SSSR count). The molecule has 1 aromatic carbocycles. The van der Waals surface area contributed by atoms with Gasteiger partial charge >= 0.3 is 0 Å². The van der Waals surface area contributed by atoms with Gasteiger partial charge in [-0.2, -0.15) is 0 Å². The third kappa shape index (κ3) is 3.71. The third-order valence-electron chi connectivity index (χ3n) is 4.30. The molecule has 0 unspecified atom stereocenters. The SMILES string of the molecule is Cc1ccn2c(NC(C)(C)C)c(-c3ccc(C(C)(C)C)cc3)nc2c1. The average Bonchev–Trinajstić information content (AvgIpc) is 2.82. The van der Waals surface area contributed by atoms with Gasteiger partial charge in [-0.3, -0.25) is 4.40 Å². The van der Waals surface area contributed by atoms with Gasteiger partial charge in [0.15, 0.2) is 0 Å². The molecule has 0 aliphatic carbocycles. The van der Waals surface area contributed by atoms with Crippen LogP contribution in [0.25, 0.3) is 16.9 Å². The zero-order valence-corrected chi connectivity index (χ0v) is 16.4. The van der Waals surface area contributed by atoms with E-state index in [0.29, 0.717) is 0 Å². The fraction of sp³-hybridized carbons (Fsp3) is 0.409. The molecule has 0 spiro atoms. The summed E-state index contributed by atoms with van der Waals surface area (Å²) < 4.78 is 2.14. The van der Waals surface area contributed by atoms with E-state index in [1.165, 1.54) is 11.1 Å². The highest BCUT2D eigenvalue weighted by Crippen LogP contribution is 2.32. The van der Waals surface area contributed by atoms with Crippen LogP contribution in [0.5, 0.6) is 0 Å². The Morgan fingerprint density at radius 1 is 0.920 bits per heavy atom. The lowest BCUT2D eigenvalue weighted by Gasteiger charge is -2.23. The Hall–Kier alpha value is -2.29. The van der Waals surface area contributed by atoms with Crippen LogP contribution in [0, 0.1) is 6.92 Å². The molecule has 0 radical (unpaired) electrons. The largest absolute Gasteiger partial charge is 0.365 e. The van der Waals surface area contributed by atoms with Gasteiger partial charge in [-0.1, -0.05) is 45.0 Å². The summed E-state index contributed by atoms with van der Waals surface area (Å²) in [5.41, 5.74) is 5.78.